The molecule has 158 valence electrons. The summed E-state index contributed by atoms with van der Waals surface area (Å²) in [6.07, 6.45) is 0.544. The van der Waals surface area contributed by atoms with Crippen LogP contribution in [0.4, 0.5) is 5.69 Å². The number of anilines is 1. The summed E-state index contributed by atoms with van der Waals surface area (Å²) in [4.78, 5) is 13.1. The Morgan fingerprint density at radius 2 is 1.88 bits per heavy atom. The van der Waals surface area contributed by atoms with Crippen LogP contribution >= 0.6 is 11.7 Å². The molecule has 7 nitrogen and oxygen atoms in total. The zero-order valence-electron chi connectivity index (χ0n) is 16.8. The van der Waals surface area contributed by atoms with Gasteiger partial charge in [-0.25, -0.2) is 0 Å². The Balaban J connectivity index is 1.23. The zero-order chi connectivity index (χ0) is 21.3. The van der Waals surface area contributed by atoms with Crippen LogP contribution in [0.15, 0.2) is 54.6 Å². The molecule has 0 radical (unpaired) electrons. The number of amides is 1. The number of nitrogens with zero attached hydrogens (tertiary/aromatic N) is 2. The predicted molar refractivity (Wildman–Crippen MR) is 119 cm³/mol. The minimum Gasteiger partial charge on any atom is -0.491 e. The first-order chi connectivity index (χ1) is 15.7. The molecule has 7 rings (SSSR count). The monoisotopic (exact) mass is 443 g/mol. The van der Waals surface area contributed by atoms with Crippen molar-refractivity contribution < 1.29 is 19.0 Å². The average molecular weight is 443 g/mol. The third-order valence-electron chi connectivity index (χ3n) is 6.47. The number of para-hydroxylation sites is 1. The van der Waals surface area contributed by atoms with Gasteiger partial charge in [0.05, 0.1) is 11.7 Å². The Bertz CT molecular complexity index is 1420. The molecule has 8 heteroatoms. The zero-order valence-corrected chi connectivity index (χ0v) is 17.6. The lowest BCUT2D eigenvalue weighted by atomic mass is 9.77. The van der Waals surface area contributed by atoms with E-state index in [0.29, 0.717) is 30.3 Å². The van der Waals surface area contributed by atoms with E-state index < -0.39 is 5.41 Å². The lowest BCUT2D eigenvalue weighted by Crippen LogP contribution is -2.37. The molecule has 1 spiro atoms. The number of aromatic nitrogens is 2. The minimum atomic E-state index is -0.861. The van der Waals surface area contributed by atoms with Gasteiger partial charge in [-0.15, -0.1) is 0 Å². The van der Waals surface area contributed by atoms with Gasteiger partial charge in [-0.05, 0) is 35.4 Å². The maximum Gasteiger partial charge on any atom is 0.243 e. The fourth-order valence-corrected chi connectivity index (χ4v) is 5.42. The molecule has 1 amide bonds. The molecule has 4 aromatic rings. The molecule has 1 unspecified atom stereocenters. The van der Waals surface area contributed by atoms with Crippen molar-refractivity contribution in [1.29, 1.82) is 0 Å². The number of rotatable bonds is 2. The largest absolute Gasteiger partial charge is 0.491 e. The molecule has 3 aliphatic rings. The van der Waals surface area contributed by atoms with Crippen LogP contribution in [0.3, 0.4) is 0 Å². The van der Waals surface area contributed by atoms with Crippen LogP contribution in [-0.4, -0.2) is 34.0 Å². The number of fused-ring (bicyclic) bond motifs is 6. The summed E-state index contributed by atoms with van der Waals surface area (Å²) in [5.41, 5.74) is 4.63. The highest BCUT2D eigenvalue weighted by atomic mass is 32.1. The van der Waals surface area contributed by atoms with Crippen molar-refractivity contribution in [1.82, 2.24) is 8.75 Å². The van der Waals surface area contributed by atoms with Crippen molar-refractivity contribution >= 4 is 34.4 Å². The second-order valence-corrected chi connectivity index (χ2v) is 8.86. The number of hydrogen-bond donors (Lipinski definition) is 1. The highest BCUT2D eigenvalue weighted by molar-refractivity contribution is 7.00. The molecule has 3 aromatic carbocycles. The van der Waals surface area contributed by atoms with E-state index in [9.17, 15) is 4.79 Å². The third kappa shape index (κ3) is 2.44. The van der Waals surface area contributed by atoms with Crippen LogP contribution in [0.5, 0.6) is 17.2 Å². The maximum absolute atomic E-state index is 13.1. The summed E-state index contributed by atoms with van der Waals surface area (Å²) >= 11 is 1.21. The van der Waals surface area contributed by atoms with Crippen LogP contribution in [0, 0.1) is 0 Å². The first kappa shape index (κ1) is 18.0. The minimum absolute atomic E-state index is 0.0733. The number of hydrogen-bond acceptors (Lipinski definition) is 7. The topological polar surface area (TPSA) is 82.6 Å². The van der Waals surface area contributed by atoms with Gasteiger partial charge in [0.25, 0.3) is 0 Å². The lowest BCUT2D eigenvalue weighted by Gasteiger charge is -2.28. The van der Waals surface area contributed by atoms with Gasteiger partial charge >= 0.3 is 0 Å². The van der Waals surface area contributed by atoms with Crippen LogP contribution in [0.2, 0.25) is 0 Å². The highest BCUT2D eigenvalue weighted by Gasteiger charge is 2.54. The highest BCUT2D eigenvalue weighted by Crippen LogP contribution is 2.53. The molecule has 2 atom stereocenters. The van der Waals surface area contributed by atoms with Gasteiger partial charge in [0.1, 0.15) is 41.5 Å². The van der Waals surface area contributed by atoms with Gasteiger partial charge in [0.15, 0.2) is 11.5 Å². The fraction of sp³-hybridized carbons (Fsp3) is 0.208. The van der Waals surface area contributed by atoms with Gasteiger partial charge in [-0.1, -0.05) is 24.3 Å². The SMILES string of the molecule is O=C1Nc2ccccc2C12COc1cc3c(cc12)O[C@H](Cc1ccc2nsnc2c1)CO3. The summed E-state index contributed by atoms with van der Waals surface area (Å²) < 4.78 is 26.9. The smallest absolute Gasteiger partial charge is 0.243 e. The summed E-state index contributed by atoms with van der Waals surface area (Å²) in [5, 5.41) is 3.00. The number of nitrogens with one attached hydrogen (secondary N) is 1. The van der Waals surface area contributed by atoms with Crippen molar-refractivity contribution in [3.05, 3.63) is 71.3 Å². The number of ether oxygens (including phenoxy) is 3. The van der Waals surface area contributed by atoms with E-state index in [1.165, 1.54) is 11.7 Å². The normalized spacial score (nSPS) is 22.5. The molecule has 0 fully saturated rings. The first-order valence-electron chi connectivity index (χ1n) is 10.4. The first-order valence-corrected chi connectivity index (χ1v) is 11.2. The van der Waals surface area contributed by atoms with Crippen molar-refractivity contribution in [2.45, 2.75) is 17.9 Å². The van der Waals surface area contributed by atoms with E-state index >= 15 is 0 Å². The van der Waals surface area contributed by atoms with Crippen LogP contribution in [-0.2, 0) is 16.6 Å². The van der Waals surface area contributed by atoms with Crippen molar-refractivity contribution in [3.8, 4) is 17.2 Å². The van der Waals surface area contributed by atoms with E-state index in [2.05, 4.69) is 14.1 Å². The van der Waals surface area contributed by atoms with E-state index in [4.69, 9.17) is 14.2 Å². The van der Waals surface area contributed by atoms with E-state index in [-0.39, 0.29) is 18.6 Å². The molecule has 0 saturated heterocycles. The predicted octanol–water partition coefficient (Wildman–Crippen LogP) is 3.70. The number of carbonyl (C=O) groups excluding carboxylic acids is 1. The van der Waals surface area contributed by atoms with E-state index in [1.807, 2.05) is 54.6 Å². The Kier molecular flexibility index (Phi) is 3.61. The number of benzene rings is 3. The Labute approximate surface area is 187 Å². The summed E-state index contributed by atoms with van der Waals surface area (Å²) in [6, 6.07) is 17.6. The molecule has 0 saturated carbocycles. The molecule has 0 aliphatic carbocycles. The Hall–Kier alpha value is -3.65. The molecular weight excluding hydrogens is 426 g/mol. The Morgan fingerprint density at radius 1 is 0.969 bits per heavy atom. The number of carbonyl (C=O) groups is 1. The Morgan fingerprint density at radius 3 is 2.84 bits per heavy atom. The van der Waals surface area contributed by atoms with Gasteiger partial charge in [0.2, 0.25) is 5.91 Å². The molecule has 4 heterocycles. The second kappa shape index (κ2) is 6.43. The van der Waals surface area contributed by atoms with E-state index in [0.717, 1.165) is 33.4 Å². The van der Waals surface area contributed by atoms with Crippen LogP contribution < -0.4 is 19.5 Å². The molecule has 3 aliphatic heterocycles. The van der Waals surface area contributed by atoms with Gasteiger partial charge in [-0.2, -0.15) is 8.75 Å². The summed E-state index contributed by atoms with van der Waals surface area (Å²) in [5.74, 6) is 1.87. The maximum atomic E-state index is 13.1. The molecule has 32 heavy (non-hydrogen) atoms. The summed E-state index contributed by atoms with van der Waals surface area (Å²) in [6.45, 7) is 0.701. The summed E-state index contributed by atoms with van der Waals surface area (Å²) in [7, 11) is 0. The third-order valence-corrected chi connectivity index (χ3v) is 7.03. The van der Waals surface area contributed by atoms with Gasteiger partial charge in [0, 0.05) is 23.7 Å². The van der Waals surface area contributed by atoms with Crippen molar-refractivity contribution in [2.24, 2.45) is 0 Å². The molecule has 1 aromatic heterocycles. The van der Waals surface area contributed by atoms with Crippen molar-refractivity contribution in [2.75, 3.05) is 18.5 Å². The second-order valence-electron chi connectivity index (χ2n) is 8.33. The average Bonchev–Trinajstić information content (AvgIpc) is 3.49. The molecular formula is C24H17N3O4S. The molecule has 1 N–H and O–H groups in total. The fourth-order valence-electron chi connectivity index (χ4n) is 4.90. The quantitative estimate of drug-likeness (QED) is 0.509. The van der Waals surface area contributed by atoms with Gasteiger partial charge in [-0.3, -0.25) is 4.79 Å². The van der Waals surface area contributed by atoms with Crippen molar-refractivity contribution in [3.63, 3.8) is 0 Å². The van der Waals surface area contributed by atoms with Crippen LogP contribution in [0.25, 0.3) is 11.0 Å². The van der Waals surface area contributed by atoms with E-state index in [1.54, 1.807) is 0 Å². The molecule has 0 bridgehead atoms. The van der Waals surface area contributed by atoms with Gasteiger partial charge < -0.3 is 19.5 Å². The lowest BCUT2D eigenvalue weighted by molar-refractivity contribution is -0.119. The standard InChI is InChI=1S/C24H17N3O4S/c28-23-24(15-3-1-2-4-17(15)25-23)12-30-20-10-21-22(9-16(20)24)31-14(11-29-21)7-13-5-6-18-19(8-13)27-32-26-18/h1-6,8-10,14H,7,11-12H2,(H,25,28)/t14-,24?/m1/s1. The van der Waals surface area contributed by atoms with Crippen LogP contribution in [0.1, 0.15) is 16.7 Å².